The van der Waals surface area contributed by atoms with Crippen LogP contribution in [0.4, 0.5) is 39.5 Å². The minimum atomic E-state index is -4.82. The molecule has 408 valence electrons. The fourth-order valence-corrected chi connectivity index (χ4v) is 10.7. The average Bonchev–Trinajstić information content (AvgIpc) is 4.19. The average molecular weight is 1090 g/mol. The summed E-state index contributed by atoms with van der Waals surface area (Å²) in [5, 5.41) is 19.4. The Morgan fingerprint density at radius 3 is 2.42 bits per heavy atom. The molecule has 18 nitrogen and oxygen atoms in total. The smallest absolute Gasteiger partial charge is 0.416 e. The third-order valence-electron chi connectivity index (χ3n) is 14.5. The SMILES string of the molecule is C=C(COc1ccc(C(F)(F)F)cc1NC(=O)NCc1ccc2c(c1F)CN(C1CCC(=O)NC1=O)C2=O)C(=O)N1CCN(c2nc(OC)nc3c2CCN(c2cccc4cccc(Cl)c24)C3)CC1CC#N.CN1CCCC1. The number of amides is 6. The van der Waals surface area contributed by atoms with Crippen molar-refractivity contribution in [2.45, 2.75) is 76.4 Å². The van der Waals surface area contributed by atoms with Gasteiger partial charge in [-0.3, -0.25) is 24.5 Å². The maximum Gasteiger partial charge on any atom is 0.416 e. The number of piperidine rings is 1. The van der Waals surface area contributed by atoms with Gasteiger partial charge in [0.1, 0.15) is 30.0 Å². The molecule has 0 saturated carbocycles. The van der Waals surface area contributed by atoms with E-state index >= 15 is 4.39 Å². The van der Waals surface area contributed by atoms with Crippen molar-refractivity contribution in [2.75, 3.05) is 75.1 Å². The molecule has 23 heteroatoms. The van der Waals surface area contributed by atoms with E-state index in [1.807, 2.05) is 41.3 Å². The number of nitrogens with one attached hydrogen (secondary N) is 3. The number of rotatable bonds is 12. The molecular weight excluding hydrogens is 1040 g/mol. The van der Waals surface area contributed by atoms with E-state index in [1.165, 1.54) is 55.0 Å². The number of carbonyl (C=O) groups excluding carboxylic acids is 5. The lowest BCUT2D eigenvalue weighted by Crippen LogP contribution is -2.56. The molecule has 3 saturated heterocycles. The van der Waals surface area contributed by atoms with Gasteiger partial charge in [-0.05, 0) is 87.6 Å². The molecule has 1 aromatic heterocycles. The first-order valence-electron chi connectivity index (χ1n) is 25.4. The highest BCUT2D eigenvalue weighted by Gasteiger charge is 2.41. The summed E-state index contributed by atoms with van der Waals surface area (Å²) in [6.45, 7) is 7.08. The minimum absolute atomic E-state index is 0.00695. The van der Waals surface area contributed by atoms with Crippen molar-refractivity contribution >= 4 is 69.2 Å². The number of aromatic nitrogens is 2. The zero-order chi connectivity index (χ0) is 55.4. The monoisotopic (exact) mass is 1090 g/mol. The van der Waals surface area contributed by atoms with E-state index in [0.29, 0.717) is 43.0 Å². The summed E-state index contributed by atoms with van der Waals surface area (Å²) < 4.78 is 68.9. The Balaban J connectivity index is 0.00000115. The first-order valence-corrected chi connectivity index (χ1v) is 25.8. The number of carbonyl (C=O) groups is 5. The lowest BCUT2D eigenvalue weighted by molar-refractivity contribution is -0.138. The highest BCUT2D eigenvalue weighted by atomic mass is 35.5. The summed E-state index contributed by atoms with van der Waals surface area (Å²) in [6.07, 6.45) is -1.38. The number of benzene rings is 4. The number of hydrogen-bond acceptors (Lipinski definition) is 13. The molecule has 4 aromatic carbocycles. The Bertz CT molecular complexity index is 3230. The number of fused-ring (bicyclic) bond motifs is 3. The minimum Gasteiger partial charge on any atom is -0.487 e. The molecule has 5 aliphatic heterocycles. The van der Waals surface area contributed by atoms with E-state index < -0.39 is 78.1 Å². The Hall–Kier alpha value is -8.03. The molecule has 78 heavy (non-hydrogen) atoms. The van der Waals surface area contributed by atoms with Gasteiger partial charge in [0.15, 0.2) is 0 Å². The van der Waals surface area contributed by atoms with E-state index in [2.05, 4.69) is 45.4 Å². The van der Waals surface area contributed by atoms with Gasteiger partial charge >= 0.3 is 18.2 Å². The molecule has 5 aromatic rings. The predicted octanol–water partition coefficient (Wildman–Crippen LogP) is 7.37. The van der Waals surface area contributed by atoms with Crippen molar-refractivity contribution in [1.29, 1.82) is 5.26 Å². The van der Waals surface area contributed by atoms with E-state index in [1.54, 1.807) is 0 Å². The third kappa shape index (κ3) is 11.8. The summed E-state index contributed by atoms with van der Waals surface area (Å²) in [6, 6.07) is 16.4. The van der Waals surface area contributed by atoms with Gasteiger partial charge in [-0.25, -0.2) is 9.18 Å². The van der Waals surface area contributed by atoms with Gasteiger partial charge in [-0.2, -0.15) is 28.4 Å². The van der Waals surface area contributed by atoms with Crippen LogP contribution in [0.1, 0.15) is 70.4 Å². The third-order valence-corrected chi connectivity index (χ3v) is 14.8. The molecule has 0 spiro atoms. The lowest BCUT2D eigenvalue weighted by atomic mass is 10.0. The second kappa shape index (κ2) is 23.3. The van der Waals surface area contributed by atoms with Gasteiger partial charge < -0.3 is 44.6 Å². The number of methoxy groups -OCH3 is 1. The number of urea groups is 1. The van der Waals surface area contributed by atoms with Crippen molar-refractivity contribution in [1.82, 2.24) is 35.3 Å². The van der Waals surface area contributed by atoms with Crippen LogP contribution in [0.5, 0.6) is 11.8 Å². The maximum absolute atomic E-state index is 15.8. The highest BCUT2D eigenvalue weighted by molar-refractivity contribution is 6.36. The number of piperazine rings is 1. The predicted molar refractivity (Wildman–Crippen MR) is 281 cm³/mol. The maximum atomic E-state index is 15.8. The zero-order valence-electron chi connectivity index (χ0n) is 42.9. The van der Waals surface area contributed by atoms with Gasteiger partial charge in [0, 0.05) is 78.0 Å². The first kappa shape index (κ1) is 54.7. The van der Waals surface area contributed by atoms with Gasteiger partial charge in [0.05, 0.1) is 60.7 Å². The summed E-state index contributed by atoms with van der Waals surface area (Å²) in [5.41, 5.74) is 0.943. The van der Waals surface area contributed by atoms with Crippen LogP contribution >= 0.6 is 11.6 Å². The Morgan fingerprint density at radius 2 is 1.72 bits per heavy atom. The summed E-state index contributed by atoms with van der Waals surface area (Å²) in [7, 11) is 3.65. The molecule has 6 amide bonds. The summed E-state index contributed by atoms with van der Waals surface area (Å²) in [4.78, 5) is 83.1. The quantitative estimate of drug-likeness (QED) is 0.0635. The molecule has 0 bridgehead atoms. The number of halogens is 5. The number of nitriles is 1. The first-order chi connectivity index (χ1) is 37.4. The van der Waals surface area contributed by atoms with Crippen molar-refractivity contribution < 1.29 is 51.0 Å². The number of anilines is 3. The fourth-order valence-electron chi connectivity index (χ4n) is 10.4. The molecule has 0 radical (unpaired) electrons. The lowest BCUT2D eigenvalue weighted by Gasteiger charge is -2.42. The largest absolute Gasteiger partial charge is 0.487 e. The molecule has 6 heterocycles. The van der Waals surface area contributed by atoms with Crippen molar-refractivity contribution in [3.05, 3.63) is 123 Å². The highest BCUT2D eigenvalue weighted by Crippen LogP contribution is 2.39. The number of alkyl halides is 3. The molecule has 5 aliphatic rings. The second-order valence-corrected chi connectivity index (χ2v) is 20.0. The van der Waals surface area contributed by atoms with Gasteiger partial charge in [-0.15, -0.1) is 0 Å². The van der Waals surface area contributed by atoms with Crippen LogP contribution in [0.15, 0.2) is 78.9 Å². The molecule has 3 N–H and O–H groups in total. The topological polar surface area (TPSA) is 206 Å². The molecule has 2 atom stereocenters. The zero-order valence-corrected chi connectivity index (χ0v) is 43.6. The van der Waals surface area contributed by atoms with Crippen molar-refractivity contribution in [2.24, 2.45) is 0 Å². The van der Waals surface area contributed by atoms with Crippen LogP contribution in [0, 0.1) is 17.1 Å². The number of nitrogens with zero attached hydrogens (tertiary/aromatic N) is 8. The molecule has 3 fully saturated rings. The van der Waals surface area contributed by atoms with Gasteiger partial charge in [0.2, 0.25) is 11.8 Å². The van der Waals surface area contributed by atoms with Crippen LogP contribution in [0.3, 0.4) is 0 Å². The molecule has 2 unspecified atom stereocenters. The normalized spacial score (nSPS) is 18.4. The van der Waals surface area contributed by atoms with Crippen LogP contribution < -0.4 is 35.2 Å². The fraction of sp³-hybridized carbons (Fsp3) is 0.382. The van der Waals surface area contributed by atoms with E-state index in [9.17, 15) is 42.4 Å². The number of ether oxygens (including phenoxy) is 2. The number of imide groups is 1. The molecule has 10 rings (SSSR count). The second-order valence-electron chi connectivity index (χ2n) is 19.6. The molecular formula is C55H56ClF4N11O7. The van der Waals surface area contributed by atoms with Gasteiger partial charge in [-0.1, -0.05) is 48.5 Å². The standard InChI is InChI=1S/C50H45ClF4N10O7.C5H11N/c1-27(46(68)64-20-19-63(23-31(64)15-17-56)44-33-16-18-62(25-37(33)59-49(61-44)71-2)38-8-4-6-28-5-3-7-35(51)42(28)38)26-72-40-13-10-30(50(53,54)55)21-36(40)58-48(70)57-22-29-9-11-32-34(43(29)52)24-65(47(32)69)39-12-14-41(66)60-45(39)67;1-6-4-2-3-5-6/h3-11,13,21,31,39H,1,12,14-16,18-20,22-26H2,2H3,(H2,57,58,70)(H,60,66,67);2-5H2,1H3. The van der Waals surface area contributed by atoms with Crippen LogP contribution in [0.25, 0.3) is 10.8 Å². The Kier molecular flexibility index (Phi) is 16.3. The van der Waals surface area contributed by atoms with Crippen LogP contribution in [-0.4, -0.2) is 126 Å². The molecule has 0 aliphatic carbocycles. The van der Waals surface area contributed by atoms with Crippen LogP contribution in [-0.2, 0) is 46.6 Å². The summed E-state index contributed by atoms with van der Waals surface area (Å²) in [5.74, 6) is -2.75. The van der Waals surface area contributed by atoms with E-state index in [0.717, 1.165) is 39.8 Å². The van der Waals surface area contributed by atoms with E-state index in [4.69, 9.17) is 31.0 Å². The Labute approximate surface area is 451 Å². The van der Waals surface area contributed by atoms with Crippen molar-refractivity contribution in [3.8, 4) is 17.8 Å². The summed E-state index contributed by atoms with van der Waals surface area (Å²) >= 11 is 6.68. The Morgan fingerprint density at radius 1 is 0.949 bits per heavy atom. The van der Waals surface area contributed by atoms with Crippen molar-refractivity contribution in [3.63, 3.8) is 0 Å². The number of hydrogen-bond donors (Lipinski definition) is 3. The van der Waals surface area contributed by atoms with E-state index in [-0.39, 0.29) is 72.9 Å². The van der Waals surface area contributed by atoms with Crippen LogP contribution in [0.2, 0.25) is 5.02 Å². The van der Waals surface area contributed by atoms with Gasteiger partial charge in [0.25, 0.3) is 11.8 Å². The number of likely N-dealkylation sites (tertiary alicyclic amines) is 1.